The number of Topliss-reactive ketones (excluding diaryl/α,β-unsaturated/α-hetero) is 1. The Morgan fingerprint density at radius 1 is 0.894 bits per heavy atom. The van der Waals surface area contributed by atoms with E-state index in [0.29, 0.717) is 48.5 Å². The van der Waals surface area contributed by atoms with Gasteiger partial charge in [-0.3, -0.25) is 29.3 Å². The summed E-state index contributed by atoms with van der Waals surface area (Å²) >= 11 is 0. The van der Waals surface area contributed by atoms with Gasteiger partial charge in [0.25, 0.3) is 0 Å². The minimum absolute atomic E-state index is 0.00648. The summed E-state index contributed by atoms with van der Waals surface area (Å²) in [6.07, 6.45) is 2.17. The third kappa shape index (κ3) is 14.2. The van der Waals surface area contributed by atoms with Crippen molar-refractivity contribution < 1.29 is 80.7 Å². The van der Waals surface area contributed by atoms with Crippen LogP contribution in [0.15, 0.2) is 48.1 Å². The van der Waals surface area contributed by atoms with Crippen LogP contribution < -0.4 is 37.6 Å². The van der Waals surface area contributed by atoms with Crippen LogP contribution in [0.2, 0.25) is 0 Å². The van der Waals surface area contributed by atoms with E-state index in [4.69, 9.17) is 34.2 Å². The van der Waals surface area contributed by atoms with Crippen LogP contribution in [0.5, 0.6) is 0 Å². The fourth-order valence-corrected chi connectivity index (χ4v) is 14.2. The summed E-state index contributed by atoms with van der Waals surface area (Å²) in [6, 6.07) is 3.41. The van der Waals surface area contributed by atoms with Gasteiger partial charge in [-0.2, -0.15) is 0 Å². The maximum absolute atomic E-state index is 17.9. The van der Waals surface area contributed by atoms with Crippen molar-refractivity contribution in [3.8, 4) is 11.8 Å². The van der Waals surface area contributed by atoms with Gasteiger partial charge in [-0.05, 0) is 123 Å². The molecule has 0 bridgehead atoms. The number of fused-ring (bicyclic) bond motifs is 8. The van der Waals surface area contributed by atoms with E-state index in [1.165, 1.54) is 19.1 Å². The average Bonchev–Trinajstić information content (AvgIpc) is 1.61. The van der Waals surface area contributed by atoms with E-state index in [2.05, 4.69) is 43.7 Å². The molecule has 0 spiro atoms. The van der Waals surface area contributed by atoms with E-state index >= 15 is 8.78 Å². The molecule has 1 aromatic carbocycles. The molecule has 85 heavy (non-hydrogen) atoms. The summed E-state index contributed by atoms with van der Waals surface area (Å²) in [5.74, 6) is 3.06. The number of rotatable bonds is 27. The van der Waals surface area contributed by atoms with E-state index in [9.17, 15) is 43.5 Å². The van der Waals surface area contributed by atoms with Crippen molar-refractivity contribution in [3.05, 3.63) is 53.6 Å². The lowest BCUT2D eigenvalue weighted by Crippen LogP contribution is -2.71. The number of aliphatic hydroxyl groups excluding tert-OH is 1. The monoisotopic (exact) mass is 1190 g/mol. The molecule has 24 heteroatoms. The summed E-state index contributed by atoms with van der Waals surface area (Å²) < 4.78 is 68.9. The third-order valence-electron chi connectivity index (χ3n) is 18.6. The number of amides is 7. The van der Waals surface area contributed by atoms with Crippen LogP contribution >= 0.6 is 0 Å². The van der Waals surface area contributed by atoms with Crippen LogP contribution in [-0.2, 0) is 59.0 Å². The highest BCUT2D eigenvalue weighted by Gasteiger charge is 2.80. The van der Waals surface area contributed by atoms with Crippen molar-refractivity contribution in [1.29, 1.82) is 0 Å². The Morgan fingerprint density at radius 2 is 1.61 bits per heavy atom. The first kappa shape index (κ1) is 64.5. The van der Waals surface area contributed by atoms with Crippen LogP contribution in [0.3, 0.4) is 0 Å². The molecule has 7 amide bonds. The molecule has 466 valence electrons. The first-order valence-electron chi connectivity index (χ1n) is 29.8. The van der Waals surface area contributed by atoms with E-state index in [1.807, 2.05) is 6.92 Å². The number of benzene rings is 1. The molecule has 2 unspecified atom stereocenters. The van der Waals surface area contributed by atoms with Gasteiger partial charge in [0.2, 0.25) is 17.7 Å². The number of hydrogen-bond donors (Lipinski definition) is 8. The summed E-state index contributed by atoms with van der Waals surface area (Å²) in [4.78, 5) is 104. The van der Waals surface area contributed by atoms with Gasteiger partial charge in [0, 0.05) is 54.8 Å². The standard InChI is InChI=1S/C61H83F2N7O15/c1-6-12-51-84-49-29-42-43-28-45(62)44-27-38(71)20-22-58(44,4)60(43,63)47(72)30-59(42,5)61(49,85-51)48(73)33-81-34-67-57(79)82-31-36-16-18-37(19-17-36)68-53(75)46(15-11-23-65-55(64)77)69-54(76)52(35(2)3)70-50(74)21-25-80-26-24-66-56(78)83-32-41-39-13-9-7-8-10-14-40(39)41/h16-20,22,27,35,39-43,45-47,49,51-52,72H,6,9-15,21,23-26,28-34H2,1-5H3,(H,66,78)(H,67,79)(H,68,75)(H,69,76)(H,70,74)(H3,64,65,77)/t39-,40+,41-,42?,43-,45-,46-,47-,49+,51?,52-,58-,59-,60-,61+/m0/s1. The fourth-order valence-electron chi connectivity index (χ4n) is 14.2. The normalized spacial score (nSPS) is 31.8. The van der Waals surface area contributed by atoms with Crippen molar-refractivity contribution >= 4 is 53.2 Å². The van der Waals surface area contributed by atoms with Gasteiger partial charge in [-0.15, -0.1) is 11.8 Å². The Morgan fingerprint density at radius 3 is 2.31 bits per heavy atom. The quantitative estimate of drug-likeness (QED) is 0.0317. The number of nitrogens with one attached hydrogen (secondary N) is 6. The second kappa shape index (κ2) is 27.9. The minimum Gasteiger partial charge on any atom is -0.449 e. The van der Waals surface area contributed by atoms with E-state index in [0.717, 1.165) is 31.8 Å². The number of primary amides is 1. The van der Waals surface area contributed by atoms with Crippen molar-refractivity contribution in [3.63, 3.8) is 0 Å². The molecule has 5 fully saturated rings. The number of ketones is 2. The largest absolute Gasteiger partial charge is 0.449 e. The number of ether oxygens (including phenoxy) is 6. The van der Waals surface area contributed by atoms with Gasteiger partial charge < -0.3 is 65.8 Å². The molecule has 6 aliphatic carbocycles. The molecule has 1 aliphatic heterocycles. The number of allylic oxidation sites excluding steroid dienone is 4. The molecule has 15 atom stereocenters. The number of carbonyl (C=O) groups excluding carboxylic acids is 8. The number of aliphatic hydroxyl groups is 1. The predicted octanol–water partition coefficient (Wildman–Crippen LogP) is 5.25. The van der Waals surface area contributed by atoms with Crippen LogP contribution in [0.1, 0.15) is 117 Å². The number of halogens is 2. The topological polar surface area (TPSA) is 310 Å². The van der Waals surface area contributed by atoms with Crippen LogP contribution in [0.4, 0.5) is 28.9 Å². The zero-order valence-electron chi connectivity index (χ0n) is 49.1. The van der Waals surface area contributed by atoms with Crippen LogP contribution in [-0.4, -0.2) is 147 Å². The number of anilines is 1. The molecule has 0 radical (unpaired) electrons. The van der Waals surface area contributed by atoms with Crippen molar-refractivity contribution in [2.75, 3.05) is 51.6 Å². The Bertz CT molecular complexity index is 2760. The van der Waals surface area contributed by atoms with E-state index < -0.39 is 132 Å². The highest BCUT2D eigenvalue weighted by atomic mass is 19.1. The molecule has 0 aromatic heterocycles. The first-order chi connectivity index (χ1) is 40.6. The van der Waals surface area contributed by atoms with E-state index in [1.54, 1.807) is 45.0 Å². The Kier molecular flexibility index (Phi) is 21.2. The zero-order chi connectivity index (χ0) is 61.3. The van der Waals surface area contributed by atoms with Gasteiger partial charge >= 0.3 is 18.2 Å². The molecule has 1 heterocycles. The zero-order valence-corrected chi connectivity index (χ0v) is 49.1. The lowest BCUT2D eigenvalue weighted by molar-refractivity contribution is -0.235. The third-order valence-corrected chi connectivity index (χ3v) is 18.6. The summed E-state index contributed by atoms with van der Waals surface area (Å²) in [6.45, 7) is 8.27. The van der Waals surface area contributed by atoms with Gasteiger partial charge in [0.05, 0.1) is 32.0 Å². The van der Waals surface area contributed by atoms with Crippen LogP contribution in [0.25, 0.3) is 0 Å². The highest BCUT2D eigenvalue weighted by Crippen LogP contribution is 2.72. The highest BCUT2D eigenvalue weighted by molar-refractivity contribution is 6.01. The lowest BCUT2D eigenvalue weighted by Gasteiger charge is -2.63. The van der Waals surface area contributed by atoms with Crippen molar-refractivity contribution in [1.82, 2.24) is 26.6 Å². The summed E-state index contributed by atoms with van der Waals surface area (Å²) in [5, 5.41) is 27.7. The van der Waals surface area contributed by atoms with Crippen LogP contribution in [0, 0.1) is 58.2 Å². The Hall–Kier alpha value is -6.52. The molecule has 4 saturated carbocycles. The molecule has 22 nitrogen and oxygen atoms in total. The molecule has 8 rings (SSSR count). The Balaban J connectivity index is 0.770. The summed E-state index contributed by atoms with van der Waals surface area (Å²) in [5.41, 5.74) is -0.801. The number of carbonyl (C=O) groups is 8. The number of hydrogen-bond acceptors (Lipinski definition) is 15. The first-order valence-corrected chi connectivity index (χ1v) is 29.8. The molecular formula is C61H83F2N7O15. The van der Waals surface area contributed by atoms with E-state index in [-0.39, 0.29) is 82.9 Å². The number of urea groups is 1. The molecular weight excluding hydrogens is 1110 g/mol. The van der Waals surface area contributed by atoms with Gasteiger partial charge in [0.1, 0.15) is 38.2 Å². The minimum atomic E-state index is -2.36. The fraction of sp³-hybridized carbons (Fsp3) is 0.672. The Labute approximate surface area is 494 Å². The lowest BCUT2D eigenvalue weighted by atomic mass is 9.44. The number of nitrogens with two attached hydrogens (primary N) is 1. The maximum Gasteiger partial charge on any atom is 0.409 e. The smallest absolute Gasteiger partial charge is 0.409 e. The molecule has 7 aliphatic rings. The van der Waals surface area contributed by atoms with Gasteiger partial charge in [0.15, 0.2) is 29.1 Å². The summed E-state index contributed by atoms with van der Waals surface area (Å²) in [7, 11) is 0. The van der Waals surface area contributed by atoms with Gasteiger partial charge in [-0.25, -0.2) is 23.2 Å². The average molecular weight is 1190 g/mol. The molecule has 9 N–H and O–H groups in total. The number of alkyl carbamates (subject to hydrolysis) is 2. The van der Waals surface area contributed by atoms with Crippen molar-refractivity contribution in [2.45, 2.75) is 166 Å². The predicted molar refractivity (Wildman–Crippen MR) is 303 cm³/mol. The number of alkyl halides is 2. The maximum atomic E-state index is 17.9. The van der Waals surface area contributed by atoms with Crippen molar-refractivity contribution in [2.24, 2.45) is 52.1 Å². The molecule has 1 aromatic rings. The SMILES string of the molecule is CCCC1O[C@@H]2CC3[C@@H]4C[C@H](F)C5=CC(=O)C=C[C@]5(C)[C@@]4(F)[C@@H](O)C[C@]3(C)[C@]2(C(=O)COCNC(=O)OCc2ccc(NC(=O)[C@H](CCCNC(N)=O)NC(=O)[C@@H](NC(=O)CCOCCNC(=O)OC[C@@H]3[C@@H]4CCC#CCC[C@@H]43)C(C)C)cc2)O1. The van der Waals surface area contributed by atoms with Gasteiger partial charge in [-0.1, -0.05) is 52.3 Å². The molecule has 1 saturated heterocycles. The second-order valence-electron chi connectivity index (χ2n) is 24.2. The second-order valence-corrected chi connectivity index (χ2v) is 24.2.